The van der Waals surface area contributed by atoms with Crippen molar-refractivity contribution in [3.05, 3.63) is 35.9 Å². The van der Waals surface area contributed by atoms with Gasteiger partial charge in [-0.3, -0.25) is 10.1 Å². The number of nitrogens with zero attached hydrogens (tertiary/aromatic N) is 1. The predicted octanol–water partition coefficient (Wildman–Crippen LogP) is 2.89. The van der Waals surface area contributed by atoms with Gasteiger partial charge in [-0.1, -0.05) is 50.1 Å². The second kappa shape index (κ2) is 13.8. The first-order valence-corrected chi connectivity index (χ1v) is 10.8. The normalized spacial score (nSPS) is 20.4. The minimum Gasteiger partial charge on any atom is -0.381 e. The molecular formula is C20H31N3O5S. The van der Waals surface area contributed by atoms with Crippen LogP contribution in [0.25, 0.3) is 0 Å². The van der Waals surface area contributed by atoms with Gasteiger partial charge in [-0.15, -0.1) is 0 Å². The van der Waals surface area contributed by atoms with Crippen LogP contribution in [-0.2, 0) is 20.0 Å². The van der Waals surface area contributed by atoms with Crippen molar-refractivity contribution in [2.45, 2.75) is 57.1 Å². The highest BCUT2D eigenvalue weighted by molar-refractivity contribution is 7.61. The van der Waals surface area contributed by atoms with E-state index in [4.69, 9.17) is 4.74 Å². The van der Waals surface area contributed by atoms with Gasteiger partial charge in [-0.2, -0.15) is 12.8 Å². The zero-order valence-corrected chi connectivity index (χ0v) is 18.0. The number of urea groups is 1. The zero-order chi connectivity index (χ0) is 21.6. The number of amides is 3. The van der Waals surface area contributed by atoms with Crippen molar-refractivity contribution in [3.8, 4) is 0 Å². The summed E-state index contributed by atoms with van der Waals surface area (Å²) < 4.78 is 31.1. The molecule has 9 heteroatoms. The van der Waals surface area contributed by atoms with E-state index in [-0.39, 0.29) is 12.0 Å². The standard InChI is InChI=1S/C17H25NO3S.C3H6N2O2/c1-3-8-14(21-2)11-7-12-15-16(17(15)18-22(19)20)13-9-5-4-6-10-13;1-4-3(7)5-2-6/h4-6,9-10,14-17H,3,7-8,11-12H2,1-2H3;2H,1H3,(H2,4,5,6,7). The van der Waals surface area contributed by atoms with Gasteiger partial charge in [-0.25, -0.2) is 4.79 Å². The summed E-state index contributed by atoms with van der Waals surface area (Å²) in [6.07, 6.45) is 5.96. The van der Waals surface area contributed by atoms with Crippen LogP contribution in [0.3, 0.4) is 0 Å². The van der Waals surface area contributed by atoms with Crippen molar-refractivity contribution >= 4 is 22.9 Å². The molecule has 8 nitrogen and oxygen atoms in total. The van der Waals surface area contributed by atoms with Crippen LogP contribution in [0, 0.1) is 5.92 Å². The van der Waals surface area contributed by atoms with Crippen LogP contribution in [0.2, 0.25) is 0 Å². The van der Waals surface area contributed by atoms with Crippen molar-refractivity contribution in [1.82, 2.24) is 10.6 Å². The molecule has 1 aromatic carbocycles. The molecule has 2 N–H and O–H groups in total. The summed E-state index contributed by atoms with van der Waals surface area (Å²) in [5, 5.41) is 4.05. The van der Waals surface area contributed by atoms with Crippen molar-refractivity contribution in [2.75, 3.05) is 14.2 Å². The molecular weight excluding hydrogens is 394 g/mol. The van der Waals surface area contributed by atoms with E-state index < -0.39 is 16.5 Å². The second-order valence-corrected chi connectivity index (χ2v) is 7.48. The fraction of sp³-hybridized carbons (Fsp3) is 0.600. The smallest absolute Gasteiger partial charge is 0.320 e. The van der Waals surface area contributed by atoms with Crippen LogP contribution in [0.5, 0.6) is 0 Å². The van der Waals surface area contributed by atoms with Crippen molar-refractivity contribution < 1.29 is 22.7 Å². The molecule has 1 aliphatic carbocycles. The molecule has 1 saturated carbocycles. The minimum absolute atomic E-state index is 0.0760. The molecule has 0 saturated heterocycles. The Hall–Kier alpha value is -2.26. The average Bonchev–Trinajstić information content (AvgIpc) is 3.39. The molecule has 1 aromatic rings. The molecule has 0 radical (unpaired) electrons. The van der Waals surface area contributed by atoms with Gasteiger partial charge in [0.1, 0.15) is 0 Å². The summed E-state index contributed by atoms with van der Waals surface area (Å²) in [5.74, 6) is 0.603. The Bertz CT molecular complexity index is 747. The highest BCUT2D eigenvalue weighted by Gasteiger charge is 2.51. The molecule has 29 heavy (non-hydrogen) atoms. The first-order valence-electron chi connectivity index (χ1n) is 9.78. The Morgan fingerprint density at radius 2 is 1.97 bits per heavy atom. The van der Waals surface area contributed by atoms with E-state index in [1.165, 1.54) is 12.6 Å². The number of carbonyl (C=O) groups excluding carboxylic acids is 2. The number of methoxy groups -OCH3 is 1. The van der Waals surface area contributed by atoms with E-state index in [0.29, 0.717) is 18.4 Å². The van der Waals surface area contributed by atoms with Crippen LogP contribution in [-0.4, -0.2) is 47.2 Å². The predicted molar refractivity (Wildman–Crippen MR) is 111 cm³/mol. The summed E-state index contributed by atoms with van der Waals surface area (Å²) in [5.41, 5.74) is 1.20. The Morgan fingerprint density at radius 3 is 2.45 bits per heavy atom. The van der Waals surface area contributed by atoms with Gasteiger partial charge in [0.05, 0.1) is 12.1 Å². The lowest BCUT2D eigenvalue weighted by Crippen LogP contribution is -2.31. The lowest BCUT2D eigenvalue weighted by atomic mass is 10.0. The largest absolute Gasteiger partial charge is 0.381 e. The van der Waals surface area contributed by atoms with Crippen molar-refractivity contribution in [2.24, 2.45) is 10.3 Å². The topological polar surface area (TPSA) is 114 Å². The quantitative estimate of drug-likeness (QED) is 0.560. The van der Waals surface area contributed by atoms with Crippen LogP contribution in [0.4, 0.5) is 4.79 Å². The maximum Gasteiger partial charge on any atom is 0.320 e. The molecule has 4 unspecified atom stereocenters. The number of benzene rings is 1. The number of rotatable bonds is 10. The molecule has 162 valence electrons. The number of ether oxygens (including phenoxy) is 1. The third-order valence-corrected chi connectivity index (χ3v) is 5.36. The number of imide groups is 1. The van der Waals surface area contributed by atoms with Crippen LogP contribution >= 0.6 is 0 Å². The maximum absolute atomic E-state index is 10.9. The molecule has 2 rings (SSSR count). The average molecular weight is 426 g/mol. The number of nitrogens with one attached hydrogen (secondary N) is 2. The molecule has 0 aliphatic heterocycles. The Morgan fingerprint density at radius 1 is 1.28 bits per heavy atom. The number of hydrogen-bond acceptors (Lipinski definition) is 6. The van der Waals surface area contributed by atoms with Crippen molar-refractivity contribution in [1.29, 1.82) is 0 Å². The third-order valence-electron chi connectivity index (χ3n) is 4.94. The van der Waals surface area contributed by atoms with Crippen LogP contribution < -0.4 is 10.6 Å². The molecule has 0 heterocycles. The van der Waals surface area contributed by atoms with Crippen molar-refractivity contribution in [3.63, 3.8) is 0 Å². The summed E-state index contributed by atoms with van der Waals surface area (Å²) in [4.78, 5) is 19.4. The van der Waals surface area contributed by atoms with Gasteiger partial charge in [0.25, 0.3) is 0 Å². The zero-order valence-electron chi connectivity index (χ0n) is 17.2. The molecule has 0 aromatic heterocycles. The Balaban J connectivity index is 0.000000516. The maximum atomic E-state index is 10.9. The van der Waals surface area contributed by atoms with E-state index >= 15 is 0 Å². The molecule has 3 amide bonds. The Kier molecular flexibility index (Phi) is 11.8. The first-order chi connectivity index (χ1) is 14.0. The van der Waals surface area contributed by atoms with E-state index in [0.717, 1.165) is 32.1 Å². The summed E-state index contributed by atoms with van der Waals surface area (Å²) >= 11 is 0. The van der Waals surface area contributed by atoms with E-state index in [1.807, 2.05) is 23.5 Å². The molecule has 1 aliphatic rings. The first kappa shape index (κ1) is 24.8. The highest BCUT2D eigenvalue weighted by atomic mass is 32.2. The third kappa shape index (κ3) is 9.19. The van der Waals surface area contributed by atoms with Gasteiger partial charge >= 0.3 is 16.5 Å². The monoisotopic (exact) mass is 425 g/mol. The van der Waals surface area contributed by atoms with E-state index in [1.54, 1.807) is 7.11 Å². The molecule has 1 fully saturated rings. The SMILES string of the molecule is CCCC(CCCC1C(N=S(=O)=O)C1c1ccccc1)OC.CNC(=O)NC=O. The van der Waals surface area contributed by atoms with E-state index in [9.17, 15) is 18.0 Å². The fourth-order valence-corrected chi connectivity index (χ4v) is 3.96. The second-order valence-electron chi connectivity index (χ2n) is 6.83. The highest BCUT2D eigenvalue weighted by Crippen LogP contribution is 2.52. The Labute approximate surface area is 174 Å². The van der Waals surface area contributed by atoms with Gasteiger partial charge < -0.3 is 10.1 Å². The lowest BCUT2D eigenvalue weighted by Gasteiger charge is -2.13. The fourth-order valence-electron chi connectivity index (χ4n) is 3.48. The van der Waals surface area contributed by atoms with Gasteiger partial charge in [0.2, 0.25) is 6.41 Å². The summed E-state index contributed by atoms with van der Waals surface area (Å²) in [6, 6.07) is 9.54. The number of carbonyl (C=O) groups is 2. The van der Waals surface area contributed by atoms with Crippen LogP contribution in [0.15, 0.2) is 34.7 Å². The number of hydrogen-bond donors (Lipinski definition) is 2. The van der Waals surface area contributed by atoms with Gasteiger partial charge in [-0.05, 0) is 30.7 Å². The van der Waals surface area contributed by atoms with Crippen LogP contribution in [0.1, 0.15) is 50.5 Å². The summed E-state index contributed by atoms with van der Waals surface area (Å²) in [6.45, 7) is 2.16. The lowest BCUT2D eigenvalue weighted by molar-refractivity contribution is -0.108. The van der Waals surface area contributed by atoms with E-state index in [2.05, 4.69) is 28.7 Å². The minimum atomic E-state index is -2.32. The van der Waals surface area contributed by atoms with Gasteiger partial charge in [0, 0.05) is 20.1 Å². The van der Waals surface area contributed by atoms with Gasteiger partial charge in [0.15, 0.2) is 0 Å². The molecule has 4 atom stereocenters. The molecule has 0 spiro atoms. The summed E-state index contributed by atoms with van der Waals surface area (Å²) in [7, 11) is 0.879. The molecule has 0 bridgehead atoms.